The van der Waals surface area contributed by atoms with E-state index >= 15 is 0 Å². The molecule has 2 heteroatoms. The maximum absolute atomic E-state index is 6.50. The molecule has 2 nitrogen and oxygen atoms in total. The molecule has 1 aliphatic carbocycles. The molecule has 0 unspecified atom stereocenters. The van der Waals surface area contributed by atoms with Crippen LogP contribution < -0.4 is 0 Å². The van der Waals surface area contributed by atoms with E-state index in [9.17, 15) is 0 Å². The third-order valence-electron chi connectivity index (χ3n) is 10.2. The molecule has 216 valence electrons. The van der Waals surface area contributed by atoms with Gasteiger partial charge in [-0.15, -0.1) is 0 Å². The molecular formula is C44H29NO. The molecule has 0 fully saturated rings. The Labute approximate surface area is 266 Å². The summed E-state index contributed by atoms with van der Waals surface area (Å²) in [6.07, 6.45) is 0. The molecule has 0 N–H and O–H groups in total. The summed E-state index contributed by atoms with van der Waals surface area (Å²) in [5.74, 6) is 0. The van der Waals surface area contributed by atoms with Crippen molar-refractivity contribution in [3.05, 3.63) is 151 Å². The number of nitrogens with zero attached hydrogens (tertiary/aromatic N) is 1. The van der Waals surface area contributed by atoms with Crippen molar-refractivity contribution in [1.29, 1.82) is 0 Å². The van der Waals surface area contributed by atoms with Crippen LogP contribution in [0.15, 0.2) is 144 Å². The Morgan fingerprint density at radius 1 is 0.478 bits per heavy atom. The minimum absolute atomic E-state index is 0.0883. The fourth-order valence-electron chi connectivity index (χ4n) is 7.84. The third-order valence-corrected chi connectivity index (χ3v) is 10.2. The second kappa shape index (κ2) is 9.15. The fraction of sp³-hybridized carbons (Fsp3) is 0.0682. The molecule has 10 rings (SSSR count). The molecule has 1 aliphatic rings. The number of pyridine rings is 1. The van der Waals surface area contributed by atoms with Gasteiger partial charge in [-0.1, -0.05) is 111 Å². The summed E-state index contributed by atoms with van der Waals surface area (Å²) >= 11 is 0. The van der Waals surface area contributed by atoms with E-state index in [1.54, 1.807) is 0 Å². The van der Waals surface area contributed by atoms with Crippen LogP contribution in [0.2, 0.25) is 0 Å². The molecule has 0 spiro atoms. The van der Waals surface area contributed by atoms with E-state index in [0.29, 0.717) is 0 Å². The van der Waals surface area contributed by atoms with Gasteiger partial charge in [0, 0.05) is 21.8 Å². The summed E-state index contributed by atoms with van der Waals surface area (Å²) in [5.41, 5.74) is 12.4. The minimum atomic E-state index is -0.0883. The van der Waals surface area contributed by atoms with Gasteiger partial charge >= 0.3 is 0 Å². The summed E-state index contributed by atoms with van der Waals surface area (Å²) in [5, 5.41) is 8.11. The van der Waals surface area contributed by atoms with Crippen LogP contribution in [0.25, 0.3) is 87.9 Å². The van der Waals surface area contributed by atoms with Crippen molar-refractivity contribution >= 4 is 54.4 Å². The largest absolute Gasteiger partial charge is 0.456 e. The molecule has 0 saturated heterocycles. The lowest BCUT2D eigenvalue weighted by atomic mass is 9.82. The van der Waals surface area contributed by atoms with Crippen molar-refractivity contribution in [2.75, 3.05) is 0 Å². The first-order valence-electron chi connectivity index (χ1n) is 16.0. The lowest BCUT2D eigenvalue weighted by Gasteiger charge is -2.22. The van der Waals surface area contributed by atoms with Crippen LogP contribution in [0.4, 0.5) is 0 Å². The second-order valence-corrected chi connectivity index (χ2v) is 13.2. The molecule has 46 heavy (non-hydrogen) atoms. The van der Waals surface area contributed by atoms with Gasteiger partial charge < -0.3 is 4.42 Å². The molecule has 2 aromatic heterocycles. The van der Waals surface area contributed by atoms with E-state index in [1.807, 2.05) is 0 Å². The first kappa shape index (κ1) is 25.6. The van der Waals surface area contributed by atoms with Crippen molar-refractivity contribution in [1.82, 2.24) is 4.98 Å². The first-order chi connectivity index (χ1) is 22.5. The van der Waals surface area contributed by atoms with Crippen LogP contribution in [0.1, 0.15) is 25.0 Å². The zero-order chi connectivity index (χ0) is 30.6. The Morgan fingerprint density at radius 2 is 1.17 bits per heavy atom. The Balaban J connectivity index is 1.29. The molecular weight excluding hydrogens is 558 g/mol. The number of benzene rings is 7. The molecule has 0 radical (unpaired) electrons. The Bertz CT molecular complexity index is 2730. The average Bonchev–Trinajstić information content (AvgIpc) is 3.57. The highest BCUT2D eigenvalue weighted by molar-refractivity contribution is 6.21. The third kappa shape index (κ3) is 3.56. The topological polar surface area (TPSA) is 26.0 Å². The zero-order valence-electron chi connectivity index (χ0n) is 25.6. The van der Waals surface area contributed by atoms with Crippen molar-refractivity contribution in [3.8, 4) is 33.5 Å². The van der Waals surface area contributed by atoms with E-state index in [0.717, 1.165) is 44.1 Å². The molecule has 0 amide bonds. The van der Waals surface area contributed by atoms with Crippen LogP contribution >= 0.6 is 0 Å². The fourth-order valence-corrected chi connectivity index (χ4v) is 7.84. The SMILES string of the molecule is CC1(C)c2ccccc2-c2ccc(-c3cc(-c4ccc5ccccc5c4)c4ccc5oc6cc7ccccc7cc6c5c4n3)cc21. The van der Waals surface area contributed by atoms with Crippen molar-refractivity contribution < 1.29 is 4.42 Å². The van der Waals surface area contributed by atoms with E-state index in [2.05, 4.69) is 153 Å². The molecule has 0 aliphatic heterocycles. The van der Waals surface area contributed by atoms with E-state index in [1.165, 1.54) is 54.9 Å². The highest BCUT2D eigenvalue weighted by Crippen LogP contribution is 2.50. The van der Waals surface area contributed by atoms with Crippen LogP contribution in [0.5, 0.6) is 0 Å². The van der Waals surface area contributed by atoms with E-state index in [-0.39, 0.29) is 5.41 Å². The summed E-state index contributed by atoms with van der Waals surface area (Å²) < 4.78 is 6.50. The Kier molecular flexibility index (Phi) is 5.09. The first-order valence-corrected chi connectivity index (χ1v) is 16.0. The summed E-state index contributed by atoms with van der Waals surface area (Å²) in [4.78, 5) is 5.49. The van der Waals surface area contributed by atoms with Gasteiger partial charge in [0.15, 0.2) is 0 Å². The zero-order valence-corrected chi connectivity index (χ0v) is 25.6. The number of aromatic nitrogens is 1. The normalized spacial score (nSPS) is 13.6. The van der Waals surface area contributed by atoms with E-state index < -0.39 is 0 Å². The number of fused-ring (bicyclic) bond motifs is 10. The van der Waals surface area contributed by atoms with Crippen LogP contribution in [-0.4, -0.2) is 4.98 Å². The number of hydrogen-bond acceptors (Lipinski definition) is 2. The summed E-state index contributed by atoms with van der Waals surface area (Å²) in [6.45, 7) is 4.67. The number of rotatable bonds is 2. The lowest BCUT2D eigenvalue weighted by Crippen LogP contribution is -2.14. The summed E-state index contributed by atoms with van der Waals surface area (Å²) in [6, 6.07) is 50.5. The maximum Gasteiger partial charge on any atom is 0.137 e. The minimum Gasteiger partial charge on any atom is -0.456 e. The Hall–Kier alpha value is -5.73. The van der Waals surface area contributed by atoms with Crippen molar-refractivity contribution in [2.45, 2.75) is 19.3 Å². The highest BCUT2D eigenvalue weighted by Gasteiger charge is 2.35. The van der Waals surface area contributed by atoms with Gasteiger partial charge in [0.2, 0.25) is 0 Å². The Morgan fingerprint density at radius 3 is 2.02 bits per heavy atom. The van der Waals surface area contributed by atoms with Gasteiger partial charge in [0.05, 0.1) is 16.6 Å². The molecule has 7 aromatic carbocycles. The maximum atomic E-state index is 6.50. The number of hydrogen-bond donors (Lipinski definition) is 0. The van der Waals surface area contributed by atoms with Gasteiger partial charge in [-0.2, -0.15) is 0 Å². The van der Waals surface area contributed by atoms with Gasteiger partial charge in [0.25, 0.3) is 0 Å². The quantitative estimate of drug-likeness (QED) is 0.201. The lowest BCUT2D eigenvalue weighted by molar-refractivity contribution is 0.660. The van der Waals surface area contributed by atoms with Crippen LogP contribution in [0, 0.1) is 0 Å². The van der Waals surface area contributed by atoms with Crippen LogP contribution in [0.3, 0.4) is 0 Å². The van der Waals surface area contributed by atoms with Crippen LogP contribution in [-0.2, 0) is 5.41 Å². The van der Waals surface area contributed by atoms with Crippen molar-refractivity contribution in [3.63, 3.8) is 0 Å². The highest BCUT2D eigenvalue weighted by atomic mass is 16.3. The molecule has 9 aromatic rings. The molecule has 0 atom stereocenters. The monoisotopic (exact) mass is 587 g/mol. The standard InChI is InChI=1S/C44H29NO/c1-44(2)37-14-8-7-13-32(37)33-18-17-31(23-38(33)44)39-25-35(30-16-15-26-9-3-4-10-27(26)21-30)34-19-20-40-42(43(34)45-39)36-22-28-11-5-6-12-29(28)24-41(36)46-40/h3-25H,1-2H3. The predicted octanol–water partition coefficient (Wildman–Crippen LogP) is 12.1. The van der Waals surface area contributed by atoms with Crippen molar-refractivity contribution in [2.24, 2.45) is 0 Å². The van der Waals surface area contributed by atoms with E-state index in [4.69, 9.17) is 9.40 Å². The molecule has 0 saturated carbocycles. The smallest absolute Gasteiger partial charge is 0.137 e. The van der Waals surface area contributed by atoms with Gasteiger partial charge in [-0.25, -0.2) is 4.98 Å². The molecule has 2 heterocycles. The van der Waals surface area contributed by atoms with Gasteiger partial charge in [-0.3, -0.25) is 0 Å². The second-order valence-electron chi connectivity index (χ2n) is 13.2. The van der Waals surface area contributed by atoms with Gasteiger partial charge in [-0.05, 0) is 97.4 Å². The molecule has 0 bridgehead atoms. The van der Waals surface area contributed by atoms with Gasteiger partial charge in [0.1, 0.15) is 11.2 Å². The average molecular weight is 588 g/mol. The predicted molar refractivity (Wildman–Crippen MR) is 192 cm³/mol. The number of furan rings is 1. The summed E-state index contributed by atoms with van der Waals surface area (Å²) in [7, 11) is 0.